The van der Waals surface area contributed by atoms with E-state index in [1.807, 2.05) is 11.7 Å². The first kappa shape index (κ1) is 14.2. The van der Waals surface area contributed by atoms with Crippen LogP contribution in [0.2, 0.25) is 0 Å². The van der Waals surface area contributed by atoms with E-state index < -0.39 is 0 Å². The summed E-state index contributed by atoms with van der Waals surface area (Å²) in [4.78, 5) is 0. The van der Waals surface area contributed by atoms with E-state index in [1.165, 1.54) is 25.7 Å². The summed E-state index contributed by atoms with van der Waals surface area (Å²) in [5, 5.41) is 8.16. The van der Waals surface area contributed by atoms with Crippen LogP contribution in [0.1, 0.15) is 58.6 Å². The number of rotatable bonds is 4. The molecule has 108 valence electrons. The monoisotopic (exact) mass is 264 g/mol. The van der Waals surface area contributed by atoms with Gasteiger partial charge >= 0.3 is 0 Å². The van der Waals surface area contributed by atoms with Crippen molar-refractivity contribution < 1.29 is 0 Å². The van der Waals surface area contributed by atoms with Crippen LogP contribution in [0.4, 0.5) is 11.5 Å². The maximum absolute atomic E-state index is 6.23. The van der Waals surface area contributed by atoms with Gasteiger partial charge in [0.05, 0.1) is 11.4 Å². The predicted molar refractivity (Wildman–Crippen MR) is 81.3 cm³/mol. The first-order valence-corrected chi connectivity index (χ1v) is 7.51. The highest BCUT2D eigenvalue weighted by molar-refractivity contribution is 5.65. The van der Waals surface area contributed by atoms with Crippen LogP contribution in [-0.2, 0) is 13.5 Å². The van der Waals surface area contributed by atoms with Gasteiger partial charge in [0.1, 0.15) is 5.82 Å². The number of nitrogens with one attached hydrogen (secondary N) is 1. The Bertz CT molecular complexity index is 434. The molecule has 4 heteroatoms. The number of aromatic nitrogens is 2. The minimum absolute atomic E-state index is 0.440. The summed E-state index contributed by atoms with van der Waals surface area (Å²) in [7, 11) is 1.98. The molecule has 1 heterocycles. The van der Waals surface area contributed by atoms with Gasteiger partial charge in [-0.25, -0.2) is 0 Å². The third-order valence-corrected chi connectivity index (χ3v) is 4.19. The van der Waals surface area contributed by atoms with E-state index >= 15 is 0 Å². The zero-order valence-electron chi connectivity index (χ0n) is 12.8. The summed E-state index contributed by atoms with van der Waals surface area (Å²) in [5.41, 5.74) is 8.54. The molecule has 0 aliphatic heterocycles. The largest absolute Gasteiger partial charge is 0.394 e. The van der Waals surface area contributed by atoms with Crippen LogP contribution in [0, 0.1) is 5.41 Å². The average Bonchev–Trinajstić information content (AvgIpc) is 2.56. The topological polar surface area (TPSA) is 55.9 Å². The summed E-state index contributed by atoms with van der Waals surface area (Å²) >= 11 is 0. The summed E-state index contributed by atoms with van der Waals surface area (Å²) in [6.45, 7) is 6.87. The van der Waals surface area contributed by atoms with E-state index in [4.69, 9.17) is 5.73 Å². The van der Waals surface area contributed by atoms with Gasteiger partial charge in [0.25, 0.3) is 0 Å². The third kappa shape index (κ3) is 3.23. The Hall–Kier alpha value is -1.19. The molecule has 4 nitrogen and oxygen atoms in total. The maximum atomic E-state index is 6.23. The van der Waals surface area contributed by atoms with Crippen LogP contribution >= 0.6 is 0 Å². The van der Waals surface area contributed by atoms with Crippen molar-refractivity contribution >= 4 is 11.5 Å². The van der Waals surface area contributed by atoms with E-state index in [0.717, 1.165) is 30.0 Å². The molecule has 0 bridgehead atoms. The minimum atomic E-state index is 0.440. The lowest BCUT2D eigenvalue weighted by atomic mass is 9.75. The lowest BCUT2D eigenvalue weighted by Crippen LogP contribution is -2.32. The summed E-state index contributed by atoms with van der Waals surface area (Å²) in [6.07, 6.45) is 7.10. The van der Waals surface area contributed by atoms with Crippen molar-refractivity contribution in [3.05, 3.63) is 5.69 Å². The van der Waals surface area contributed by atoms with Gasteiger partial charge in [0.15, 0.2) is 0 Å². The van der Waals surface area contributed by atoms with Gasteiger partial charge in [-0.1, -0.05) is 33.6 Å². The van der Waals surface area contributed by atoms with Gasteiger partial charge in [-0.05, 0) is 31.1 Å². The van der Waals surface area contributed by atoms with Crippen LogP contribution in [0.3, 0.4) is 0 Å². The molecule has 2 rings (SSSR count). The van der Waals surface area contributed by atoms with Gasteiger partial charge in [0, 0.05) is 13.1 Å². The van der Waals surface area contributed by atoms with Crippen LogP contribution in [0.5, 0.6) is 0 Å². The molecule has 19 heavy (non-hydrogen) atoms. The molecule has 1 saturated carbocycles. The van der Waals surface area contributed by atoms with E-state index in [0.29, 0.717) is 11.5 Å². The Morgan fingerprint density at radius 1 is 1.47 bits per heavy atom. The second-order valence-corrected chi connectivity index (χ2v) is 6.68. The molecular weight excluding hydrogens is 236 g/mol. The molecule has 1 aromatic rings. The van der Waals surface area contributed by atoms with Crippen molar-refractivity contribution in [2.75, 3.05) is 11.1 Å². The average molecular weight is 264 g/mol. The van der Waals surface area contributed by atoms with Crippen molar-refractivity contribution in [1.29, 1.82) is 0 Å². The molecular formula is C15H28N4. The normalized spacial score (nSPS) is 22.4. The van der Waals surface area contributed by atoms with E-state index in [2.05, 4.69) is 31.2 Å². The van der Waals surface area contributed by atoms with Gasteiger partial charge in [-0.3, -0.25) is 4.68 Å². The van der Waals surface area contributed by atoms with Gasteiger partial charge in [0.2, 0.25) is 0 Å². The fourth-order valence-electron chi connectivity index (χ4n) is 3.20. The molecule has 3 N–H and O–H groups in total. The van der Waals surface area contributed by atoms with Crippen molar-refractivity contribution in [3.63, 3.8) is 0 Å². The molecule has 0 amide bonds. The van der Waals surface area contributed by atoms with Crippen LogP contribution in [-0.4, -0.2) is 15.8 Å². The molecule has 0 spiro atoms. The van der Waals surface area contributed by atoms with Gasteiger partial charge < -0.3 is 11.1 Å². The Morgan fingerprint density at radius 2 is 2.21 bits per heavy atom. The maximum Gasteiger partial charge on any atom is 0.147 e. The molecule has 0 saturated heterocycles. The van der Waals surface area contributed by atoms with Crippen LogP contribution in [0.25, 0.3) is 0 Å². The molecule has 1 aliphatic carbocycles. The zero-order chi connectivity index (χ0) is 14.0. The molecule has 1 aromatic heterocycles. The summed E-state index contributed by atoms with van der Waals surface area (Å²) in [5.74, 6) is 1.01. The van der Waals surface area contributed by atoms with E-state index in [1.54, 1.807) is 0 Å². The van der Waals surface area contributed by atoms with Gasteiger partial charge in [-0.2, -0.15) is 5.10 Å². The fourth-order valence-corrected chi connectivity index (χ4v) is 3.20. The fraction of sp³-hybridized carbons (Fsp3) is 0.800. The van der Waals surface area contributed by atoms with Crippen molar-refractivity contribution in [2.45, 2.75) is 65.3 Å². The predicted octanol–water partition coefficient (Wildman–Crippen LogP) is 3.34. The quantitative estimate of drug-likeness (QED) is 0.877. The van der Waals surface area contributed by atoms with Crippen molar-refractivity contribution in [1.82, 2.24) is 9.78 Å². The van der Waals surface area contributed by atoms with Crippen molar-refractivity contribution in [3.8, 4) is 0 Å². The highest BCUT2D eigenvalue weighted by atomic mass is 15.3. The summed E-state index contributed by atoms with van der Waals surface area (Å²) < 4.78 is 1.90. The Labute approximate surface area is 116 Å². The van der Waals surface area contributed by atoms with Gasteiger partial charge in [-0.15, -0.1) is 0 Å². The third-order valence-electron chi connectivity index (χ3n) is 4.19. The lowest BCUT2D eigenvalue weighted by molar-refractivity contribution is 0.229. The molecule has 1 atom stereocenters. The van der Waals surface area contributed by atoms with E-state index in [9.17, 15) is 0 Å². The molecule has 1 aliphatic rings. The van der Waals surface area contributed by atoms with E-state index in [-0.39, 0.29) is 0 Å². The molecule has 0 radical (unpaired) electrons. The number of hydrogen-bond donors (Lipinski definition) is 2. The number of hydrogen-bond acceptors (Lipinski definition) is 3. The SMILES string of the molecule is CCCc1nn(C)c(NC2CCCC(C)(C)C2)c1N. The lowest BCUT2D eigenvalue weighted by Gasteiger charge is -2.36. The minimum Gasteiger partial charge on any atom is -0.394 e. The van der Waals surface area contributed by atoms with Crippen LogP contribution in [0.15, 0.2) is 0 Å². The molecule has 1 fully saturated rings. The first-order chi connectivity index (χ1) is 8.93. The molecule has 1 unspecified atom stereocenters. The second kappa shape index (κ2) is 5.43. The summed E-state index contributed by atoms with van der Waals surface area (Å²) in [6, 6.07) is 0.524. The first-order valence-electron chi connectivity index (χ1n) is 7.51. The number of nitrogens with zero attached hydrogens (tertiary/aromatic N) is 2. The molecule has 0 aromatic carbocycles. The number of nitrogens with two attached hydrogens (primary N) is 1. The van der Waals surface area contributed by atoms with Crippen LogP contribution < -0.4 is 11.1 Å². The number of anilines is 2. The number of nitrogen functional groups attached to an aromatic ring is 1. The second-order valence-electron chi connectivity index (χ2n) is 6.68. The zero-order valence-corrected chi connectivity index (χ0v) is 12.8. The Balaban J connectivity index is 2.10. The highest BCUT2D eigenvalue weighted by Crippen LogP contribution is 2.37. The standard InChI is InChI=1S/C15H28N4/c1-5-7-12-13(16)14(19(4)18-12)17-11-8-6-9-15(2,3)10-11/h11,17H,5-10,16H2,1-4H3. The Kier molecular flexibility index (Phi) is 4.07. The Morgan fingerprint density at radius 3 is 2.84 bits per heavy atom. The van der Waals surface area contributed by atoms with Crippen molar-refractivity contribution in [2.24, 2.45) is 12.5 Å². The smallest absolute Gasteiger partial charge is 0.147 e. The highest BCUT2D eigenvalue weighted by Gasteiger charge is 2.29. The number of aryl methyl sites for hydroxylation is 2.